The summed E-state index contributed by atoms with van der Waals surface area (Å²) in [5.74, 6) is -0.543. The number of rotatable bonds is 4. The number of hydrogen-bond acceptors (Lipinski definition) is 6. The molecule has 0 atom stereocenters. The van der Waals surface area contributed by atoms with Gasteiger partial charge in [-0.1, -0.05) is 23.2 Å². The summed E-state index contributed by atoms with van der Waals surface area (Å²) in [4.78, 5) is 23.9. The first kappa shape index (κ1) is 14.9. The average molecular weight is 330 g/mol. The Kier molecular flexibility index (Phi) is 4.20. The van der Waals surface area contributed by atoms with Crippen LogP contribution in [0.15, 0.2) is 30.3 Å². The van der Waals surface area contributed by atoms with E-state index in [4.69, 9.17) is 27.9 Å². The van der Waals surface area contributed by atoms with Gasteiger partial charge in [0.15, 0.2) is 5.75 Å². The van der Waals surface area contributed by atoms with E-state index >= 15 is 0 Å². The summed E-state index contributed by atoms with van der Waals surface area (Å²) in [6.45, 7) is 0. The van der Waals surface area contributed by atoms with Gasteiger partial charge in [-0.25, -0.2) is 0 Å². The molecule has 8 nitrogen and oxygen atoms in total. The van der Waals surface area contributed by atoms with Crippen LogP contribution in [0.5, 0.6) is 11.6 Å². The van der Waals surface area contributed by atoms with Crippen molar-refractivity contribution >= 4 is 34.6 Å². The largest absolute Gasteiger partial charge is 0.432 e. The molecule has 1 aromatic heterocycles. The van der Waals surface area contributed by atoms with Crippen LogP contribution in [0.25, 0.3) is 0 Å². The van der Waals surface area contributed by atoms with Crippen LogP contribution in [0.3, 0.4) is 0 Å². The van der Waals surface area contributed by atoms with Crippen molar-refractivity contribution in [3.05, 3.63) is 60.7 Å². The van der Waals surface area contributed by atoms with E-state index in [9.17, 15) is 20.2 Å². The quantitative estimate of drug-likeness (QED) is 0.476. The smallest absolute Gasteiger partial charge is 0.331 e. The normalized spacial score (nSPS) is 10.2. The molecule has 0 aliphatic heterocycles. The first-order valence-electron chi connectivity index (χ1n) is 5.31. The zero-order valence-electron chi connectivity index (χ0n) is 10.0. The molecule has 0 fully saturated rings. The summed E-state index contributed by atoms with van der Waals surface area (Å²) >= 11 is 11.5. The maximum atomic E-state index is 10.9. The highest BCUT2D eigenvalue weighted by atomic mass is 35.5. The molecule has 0 amide bonds. The zero-order valence-corrected chi connectivity index (χ0v) is 11.5. The number of pyridine rings is 1. The van der Waals surface area contributed by atoms with Crippen LogP contribution >= 0.6 is 23.2 Å². The van der Waals surface area contributed by atoms with Gasteiger partial charge in [-0.2, -0.15) is 4.98 Å². The second-order valence-corrected chi connectivity index (χ2v) is 4.48. The Morgan fingerprint density at radius 1 is 1.05 bits per heavy atom. The molecule has 0 bridgehead atoms. The molecule has 0 aliphatic carbocycles. The minimum Gasteiger partial charge on any atom is -0.432 e. The highest BCUT2D eigenvalue weighted by Crippen LogP contribution is 2.36. The fraction of sp³-hybridized carbons (Fsp3) is 0. The fourth-order valence-corrected chi connectivity index (χ4v) is 1.71. The lowest BCUT2D eigenvalue weighted by atomic mass is 10.3. The van der Waals surface area contributed by atoms with Crippen LogP contribution in [0, 0.1) is 20.2 Å². The highest BCUT2D eigenvalue weighted by Gasteiger charge is 2.20. The minimum absolute atomic E-state index is 0.0304. The average Bonchev–Trinajstić information content (AvgIpc) is 2.40. The molecule has 108 valence electrons. The van der Waals surface area contributed by atoms with Crippen LogP contribution in [0.2, 0.25) is 10.2 Å². The van der Waals surface area contributed by atoms with Crippen LogP contribution < -0.4 is 4.74 Å². The summed E-state index contributed by atoms with van der Waals surface area (Å²) in [5, 5.41) is 21.6. The SMILES string of the molecule is O=[N+]([O-])c1ccc(Cl)c(Oc2nc(Cl)ccc2[N+](=O)[O-])c1. The lowest BCUT2D eigenvalue weighted by Gasteiger charge is -2.07. The van der Waals surface area contributed by atoms with Crippen LogP contribution in [-0.2, 0) is 0 Å². The molecular weight excluding hydrogens is 325 g/mol. The molecular formula is C11H5Cl2N3O5. The number of hydrogen-bond donors (Lipinski definition) is 0. The van der Waals surface area contributed by atoms with Crippen LogP contribution in [-0.4, -0.2) is 14.8 Å². The Bertz CT molecular complexity index is 738. The maximum absolute atomic E-state index is 10.9. The molecule has 0 radical (unpaired) electrons. The van der Waals surface area contributed by atoms with Crippen molar-refractivity contribution in [2.45, 2.75) is 0 Å². The zero-order chi connectivity index (χ0) is 15.6. The summed E-state index contributed by atoms with van der Waals surface area (Å²) in [5.41, 5.74) is -0.721. The van der Waals surface area contributed by atoms with Crippen molar-refractivity contribution in [3.8, 4) is 11.6 Å². The third-order valence-electron chi connectivity index (χ3n) is 2.34. The summed E-state index contributed by atoms with van der Waals surface area (Å²) in [7, 11) is 0. The molecule has 2 rings (SSSR count). The third-order valence-corrected chi connectivity index (χ3v) is 2.86. The van der Waals surface area contributed by atoms with E-state index in [0.29, 0.717) is 0 Å². The van der Waals surface area contributed by atoms with Gasteiger partial charge in [0.2, 0.25) is 0 Å². The molecule has 1 aromatic carbocycles. The summed E-state index contributed by atoms with van der Waals surface area (Å²) < 4.78 is 5.20. The van der Waals surface area contributed by atoms with E-state index in [2.05, 4.69) is 4.98 Å². The van der Waals surface area contributed by atoms with Gasteiger partial charge in [-0.3, -0.25) is 20.2 Å². The molecule has 0 spiro atoms. The monoisotopic (exact) mass is 329 g/mol. The second-order valence-electron chi connectivity index (χ2n) is 3.69. The van der Waals surface area contributed by atoms with Gasteiger partial charge in [0.05, 0.1) is 20.9 Å². The number of benzene rings is 1. The van der Waals surface area contributed by atoms with Gasteiger partial charge in [0.25, 0.3) is 5.69 Å². The van der Waals surface area contributed by atoms with Crippen molar-refractivity contribution in [1.29, 1.82) is 0 Å². The van der Waals surface area contributed by atoms with Gasteiger partial charge in [0, 0.05) is 12.1 Å². The number of ether oxygens (including phenoxy) is 1. The number of halogens is 2. The summed E-state index contributed by atoms with van der Waals surface area (Å²) in [6.07, 6.45) is 0. The van der Waals surface area contributed by atoms with Crippen molar-refractivity contribution in [3.63, 3.8) is 0 Å². The first-order valence-corrected chi connectivity index (χ1v) is 6.07. The topological polar surface area (TPSA) is 108 Å². The van der Waals surface area contributed by atoms with Gasteiger partial charge >= 0.3 is 11.6 Å². The number of nitro benzene ring substituents is 1. The van der Waals surface area contributed by atoms with Crippen molar-refractivity contribution in [1.82, 2.24) is 4.98 Å². The Morgan fingerprint density at radius 3 is 2.38 bits per heavy atom. The molecule has 0 N–H and O–H groups in total. The highest BCUT2D eigenvalue weighted by molar-refractivity contribution is 6.32. The van der Waals surface area contributed by atoms with Crippen LogP contribution in [0.4, 0.5) is 11.4 Å². The molecule has 1 heterocycles. The second kappa shape index (κ2) is 5.90. The predicted molar refractivity (Wildman–Crippen MR) is 74.1 cm³/mol. The van der Waals surface area contributed by atoms with Crippen molar-refractivity contribution < 1.29 is 14.6 Å². The fourth-order valence-electron chi connectivity index (χ4n) is 1.41. The van der Waals surface area contributed by atoms with E-state index in [1.807, 2.05) is 0 Å². The Balaban J connectivity index is 2.47. The molecule has 10 heteroatoms. The summed E-state index contributed by atoms with van der Waals surface area (Å²) in [6, 6.07) is 5.78. The van der Waals surface area contributed by atoms with Gasteiger partial charge in [-0.05, 0) is 12.1 Å². The third kappa shape index (κ3) is 3.36. The molecule has 2 aromatic rings. The Labute approximate surface area is 127 Å². The number of nitrogens with zero attached hydrogens (tertiary/aromatic N) is 3. The van der Waals surface area contributed by atoms with Crippen molar-refractivity contribution in [2.24, 2.45) is 0 Å². The van der Waals surface area contributed by atoms with E-state index in [0.717, 1.165) is 12.1 Å². The maximum Gasteiger partial charge on any atom is 0.331 e. The lowest BCUT2D eigenvalue weighted by molar-refractivity contribution is -0.386. The number of aromatic nitrogens is 1. The molecule has 0 unspecified atom stereocenters. The van der Waals surface area contributed by atoms with Gasteiger partial charge < -0.3 is 4.74 Å². The number of nitro groups is 2. The van der Waals surface area contributed by atoms with Crippen LogP contribution in [0.1, 0.15) is 0 Å². The molecule has 0 saturated carbocycles. The van der Waals surface area contributed by atoms with E-state index in [1.54, 1.807) is 0 Å². The Hall–Kier alpha value is -2.45. The minimum atomic E-state index is -0.718. The van der Waals surface area contributed by atoms with E-state index in [1.165, 1.54) is 18.2 Å². The van der Waals surface area contributed by atoms with Gasteiger partial charge in [0.1, 0.15) is 5.15 Å². The molecule has 21 heavy (non-hydrogen) atoms. The number of non-ortho nitro benzene ring substituents is 1. The predicted octanol–water partition coefficient (Wildman–Crippen LogP) is 4.00. The van der Waals surface area contributed by atoms with Crippen molar-refractivity contribution in [2.75, 3.05) is 0 Å². The van der Waals surface area contributed by atoms with Gasteiger partial charge in [-0.15, -0.1) is 0 Å². The molecule has 0 saturated heterocycles. The molecule has 0 aliphatic rings. The first-order chi connectivity index (χ1) is 9.88. The van der Waals surface area contributed by atoms with E-state index < -0.39 is 21.4 Å². The van der Waals surface area contributed by atoms with E-state index in [-0.39, 0.29) is 21.6 Å². The standard InChI is InChI=1S/C11H5Cl2N3O5/c12-7-2-1-6(15(17)18)5-9(7)21-11-8(16(19)20)3-4-10(13)14-11/h1-5H. The lowest BCUT2D eigenvalue weighted by Crippen LogP contribution is -1.97. The Morgan fingerprint density at radius 2 is 1.76 bits per heavy atom.